The number of aromatic nitrogens is 2. The van der Waals surface area contributed by atoms with Crippen LogP contribution in [0.5, 0.6) is 0 Å². The maximum absolute atomic E-state index is 13.2. The Morgan fingerprint density at radius 2 is 2.21 bits per heavy atom. The van der Waals surface area contributed by atoms with Gasteiger partial charge in [-0.1, -0.05) is 0 Å². The highest BCUT2D eigenvalue weighted by atomic mass is 19.1. The van der Waals surface area contributed by atoms with E-state index in [0.29, 0.717) is 5.56 Å². The first-order valence-corrected chi connectivity index (χ1v) is 5.44. The second-order valence-electron chi connectivity index (χ2n) is 3.90. The van der Waals surface area contributed by atoms with Crippen molar-refractivity contribution in [1.82, 2.24) is 10.2 Å². The van der Waals surface area contributed by atoms with Crippen LogP contribution in [0.25, 0.3) is 11.5 Å². The number of benzene rings is 1. The number of carboxylic acids is 1. The molecule has 0 aliphatic carbocycles. The fourth-order valence-electron chi connectivity index (χ4n) is 1.51. The normalized spacial score (nSPS) is 10.6. The Hall–Kier alpha value is -2.28. The van der Waals surface area contributed by atoms with E-state index in [0.717, 1.165) is 5.56 Å². The zero-order valence-corrected chi connectivity index (χ0v) is 10.1. The highest BCUT2D eigenvalue weighted by Crippen LogP contribution is 2.20. The summed E-state index contributed by atoms with van der Waals surface area (Å²) in [5, 5.41) is 15.8. The zero-order valence-electron chi connectivity index (χ0n) is 10.1. The van der Waals surface area contributed by atoms with Crippen LogP contribution in [0.1, 0.15) is 11.5 Å². The van der Waals surface area contributed by atoms with Gasteiger partial charge in [0.15, 0.2) is 0 Å². The van der Waals surface area contributed by atoms with Gasteiger partial charge >= 0.3 is 5.97 Å². The molecule has 0 saturated heterocycles. The molecule has 1 aromatic heterocycles. The molecular weight excluding hydrogens is 255 g/mol. The SMILES string of the molecule is Cc1cc(F)cc(-c2nnc(COCC(=O)O)o2)c1. The maximum Gasteiger partial charge on any atom is 0.329 e. The minimum Gasteiger partial charge on any atom is -0.480 e. The molecule has 0 aliphatic heterocycles. The van der Waals surface area contributed by atoms with Crippen LogP contribution in [0.15, 0.2) is 22.6 Å². The number of hydrogen-bond donors (Lipinski definition) is 1. The molecule has 0 aliphatic rings. The van der Waals surface area contributed by atoms with Crippen LogP contribution in [0.3, 0.4) is 0 Å². The molecule has 1 heterocycles. The summed E-state index contributed by atoms with van der Waals surface area (Å²) in [4.78, 5) is 10.3. The van der Waals surface area contributed by atoms with E-state index in [2.05, 4.69) is 10.2 Å². The average Bonchev–Trinajstić information content (AvgIpc) is 2.76. The van der Waals surface area contributed by atoms with Crippen molar-refractivity contribution in [3.63, 3.8) is 0 Å². The van der Waals surface area contributed by atoms with Crippen molar-refractivity contribution in [2.24, 2.45) is 0 Å². The van der Waals surface area contributed by atoms with Gasteiger partial charge in [0.25, 0.3) is 0 Å². The third-order valence-electron chi connectivity index (χ3n) is 2.21. The molecule has 0 radical (unpaired) electrons. The molecular formula is C12H11FN2O4. The molecule has 0 amide bonds. The van der Waals surface area contributed by atoms with Crippen molar-refractivity contribution in [1.29, 1.82) is 0 Å². The summed E-state index contributed by atoms with van der Waals surface area (Å²) >= 11 is 0. The van der Waals surface area contributed by atoms with Gasteiger partial charge in [0, 0.05) is 5.56 Å². The van der Waals surface area contributed by atoms with Crippen molar-refractivity contribution < 1.29 is 23.4 Å². The van der Waals surface area contributed by atoms with Crippen LogP contribution < -0.4 is 0 Å². The van der Waals surface area contributed by atoms with Crippen LogP contribution in [-0.4, -0.2) is 27.9 Å². The predicted molar refractivity (Wildman–Crippen MR) is 61.7 cm³/mol. The highest BCUT2D eigenvalue weighted by molar-refractivity contribution is 5.67. The monoisotopic (exact) mass is 266 g/mol. The number of halogens is 1. The molecule has 0 fully saturated rings. The van der Waals surface area contributed by atoms with E-state index in [4.69, 9.17) is 14.3 Å². The maximum atomic E-state index is 13.2. The molecule has 0 saturated carbocycles. The Balaban J connectivity index is 2.09. The summed E-state index contributed by atoms with van der Waals surface area (Å²) in [6.45, 7) is 1.20. The third kappa shape index (κ3) is 3.59. The lowest BCUT2D eigenvalue weighted by atomic mass is 10.1. The zero-order chi connectivity index (χ0) is 13.8. The summed E-state index contributed by atoms with van der Waals surface area (Å²) < 4.78 is 23.3. The van der Waals surface area contributed by atoms with Crippen LogP contribution in [0.2, 0.25) is 0 Å². The van der Waals surface area contributed by atoms with Crippen molar-refractivity contribution in [3.8, 4) is 11.5 Å². The summed E-state index contributed by atoms with van der Waals surface area (Å²) in [6, 6.07) is 4.37. The van der Waals surface area contributed by atoms with Gasteiger partial charge in [-0.15, -0.1) is 10.2 Å². The van der Waals surface area contributed by atoms with E-state index < -0.39 is 18.4 Å². The van der Waals surface area contributed by atoms with E-state index >= 15 is 0 Å². The highest BCUT2D eigenvalue weighted by Gasteiger charge is 2.10. The Morgan fingerprint density at radius 1 is 1.42 bits per heavy atom. The van der Waals surface area contributed by atoms with Crippen LogP contribution >= 0.6 is 0 Å². The summed E-state index contributed by atoms with van der Waals surface area (Å²) in [7, 11) is 0. The molecule has 19 heavy (non-hydrogen) atoms. The first kappa shape index (κ1) is 13.2. The second-order valence-corrected chi connectivity index (χ2v) is 3.90. The van der Waals surface area contributed by atoms with E-state index in [1.165, 1.54) is 12.1 Å². The minimum absolute atomic E-state index is 0.104. The standard InChI is InChI=1S/C12H11FN2O4/c1-7-2-8(4-9(13)3-7)12-15-14-10(19-12)5-18-6-11(16)17/h2-4H,5-6H2,1H3,(H,16,17). The Labute approximate surface area is 107 Å². The van der Waals surface area contributed by atoms with Crippen molar-refractivity contribution in [2.75, 3.05) is 6.61 Å². The van der Waals surface area contributed by atoms with Crippen LogP contribution in [0, 0.1) is 12.7 Å². The molecule has 7 heteroatoms. The topological polar surface area (TPSA) is 85.5 Å². The molecule has 1 aromatic carbocycles. The molecule has 100 valence electrons. The van der Waals surface area contributed by atoms with Gasteiger partial charge in [-0.2, -0.15) is 0 Å². The van der Waals surface area contributed by atoms with Gasteiger partial charge in [0.2, 0.25) is 11.8 Å². The number of carbonyl (C=O) groups is 1. The Kier molecular flexibility index (Phi) is 3.86. The molecule has 1 N–H and O–H groups in total. The number of aliphatic carboxylic acids is 1. The summed E-state index contributed by atoms with van der Waals surface area (Å²) in [5.41, 5.74) is 1.20. The van der Waals surface area contributed by atoms with E-state index in [1.54, 1.807) is 13.0 Å². The summed E-state index contributed by atoms with van der Waals surface area (Å²) in [6.07, 6.45) is 0. The van der Waals surface area contributed by atoms with Gasteiger partial charge in [-0.05, 0) is 30.7 Å². The smallest absolute Gasteiger partial charge is 0.329 e. The van der Waals surface area contributed by atoms with Crippen LogP contribution in [0.4, 0.5) is 4.39 Å². The quantitative estimate of drug-likeness (QED) is 0.887. The van der Waals surface area contributed by atoms with Gasteiger partial charge in [-0.25, -0.2) is 9.18 Å². The number of aryl methyl sites for hydroxylation is 1. The number of hydrogen-bond acceptors (Lipinski definition) is 5. The van der Waals surface area contributed by atoms with E-state index in [9.17, 15) is 9.18 Å². The summed E-state index contributed by atoms with van der Waals surface area (Å²) in [5.74, 6) is -1.17. The molecule has 0 spiro atoms. The Bertz CT molecular complexity index is 577. The van der Waals surface area contributed by atoms with Gasteiger partial charge < -0.3 is 14.3 Å². The number of carboxylic acid groups (broad SMARTS) is 1. The molecule has 2 aromatic rings. The third-order valence-corrected chi connectivity index (χ3v) is 2.21. The lowest BCUT2D eigenvalue weighted by Crippen LogP contribution is -2.06. The van der Waals surface area contributed by atoms with E-state index in [1.807, 2.05) is 0 Å². The number of nitrogens with zero attached hydrogens (tertiary/aromatic N) is 2. The van der Waals surface area contributed by atoms with Crippen molar-refractivity contribution in [2.45, 2.75) is 13.5 Å². The Morgan fingerprint density at radius 3 is 2.89 bits per heavy atom. The van der Waals surface area contributed by atoms with Gasteiger partial charge in [0.05, 0.1) is 0 Å². The van der Waals surface area contributed by atoms with Gasteiger partial charge in [-0.3, -0.25) is 0 Å². The minimum atomic E-state index is -1.08. The number of rotatable bonds is 5. The molecule has 0 bridgehead atoms. The predicted octanol–water partition coefficient (Wildman–Crippen LogP) is 1.79. The largest absolute Gasteiger partial charge is 0.480 e. The second kappa shape index (κ2) is 5.57. The molecule has 6 nitrogen and oxygen atoms in total. The van der Waals surface area contributed by atoms with Gasteiger partial charge in [0.1, 0.15) is 19.0 Å². The van der Waals surface area contributed by atoms with E-state index in [-0.39, 0.29) is 18.4 Å². The fraction of sp³-hybridized carbons (Fsp3) is 0.250. The molecule has 0 unspecified atom stereocenters. The molecule has 0 atom stereocenters. The average molecular weight is 266 g/mol. The first-order valence-electron chi connectivity index (χ1n) is 5.44. The lowest BCUT2D eigenvalue weighted by molar-refractivity contribution is -0.142. The lowest BCUT2D eigenvalue weighted by Gasteiger charge is -1.98. The first-order chi connectivity index (χ1) is 9.04. The van der Waals surface area contributed by atoms with Crippen molar-refractivity contribution in [3.05, 3.63) is 35.5 Å². The molecule has 2 rings (SSSR count). The number of ether oxygens (including phenoxy) is 1. The fourth-order valence-corrected chi connectivity index (χ4v) is 1.51. The van der Waals surface area contributed by atoms with Crippen molar-refractivity contribution >= 4 is 5.97 Å². The van der Waals surface area contributed by atoms with Crippen LogP contribution in [-0.2, 0) is 16.1 Å².